The SMILES string of the molecule is CCCN(c1cc(-c2ccc(OCCOC)cc2)cc(C(=O)NCC(C(N)=O)C(C)=NC)c1C)C1CCC(N(C)C)CC1. The summed E-state index contributed by atoms with van der Waals surface area (Å²) in [6.45, 7) is 7.98. The van der Waals surface area contributed by atoms with Crippen LogP contribution in [0.4, 0.5) is 5.69 Å². The van der Waals surface area contributed by atoms with Crippen molar-refractivity contribution >= 4 is 23.2 Å². The minimum atomic E-state index is -0.661. The van der Waals surface area contributed by atoms with Gasteiger partial charge in [0, 0.05) is 56.3 Å². The van der Waals surface area contributed by atoms with E-state index in [-0.39, 0.29) is 12.5 Å². The van der Waals surface area contributed by atoms with Crippen molar-refractivity contribution in [2.24, 2.45) is 16.6 Å². The third kappa shape index (κ3) is 9.03. The summed E-state index contributed by atoms with van der Waals surface area (Å²) in [6, 6.07) is 13.1. The van der Waals surface area contributed by atoms with Crippen LogP contribution in [0.1, 0.15) is 61.9 Å². The number of hydrogen-bond donors (Lipinski definition) is 2. The number of anilines is 1. The Hall–Kier alpha value is -3.43. The van der Waals surface area contributed by atoms with Crippen LogP contribution in [0.5, 0.6) is 5.75 Å². The van der Waals surface area contributed by atoms with Crippen molar-refractivity contribution in [3.05, 3.63) is 47.5 Å². The summed E-state index contributed by atoms with van der Waals surface area (Å²) in [7, 11) is 7.60. The number of methoxy groups -OCH3 is 1. The highest BCUT2D eigenvalue weighted by Crippen LogP contribution is 2.36. The van der Waals surface area contributed by atoms with Crippen molar-refractivity contribution < 1.29 is 19.1 Å². The Balaban J connectivity index is 2.02. The lowest BCUT2D eigenvalue weighted by Gasteiger charge is -2.41. The van der Waals surface area contributed by atoms with Gasteiger partial charge in [-0.15, -0.1) is 0 Å². The predicted octanol–water partition coefficient (Wildman–Crippen LogP) is 4.70. The second kappa shape index (κ2) is 16.4. The highest BCUT2D eigenvalue weighted by Gasteiger charge is 2.29. The number of rotatable bonds is 15. The lowest BCUT2D eigenvalue weighted by Crippen LogP contribution is -2.43. The number of ether oxygens (including phenoxy) is 2. The van der Waals surface area contributed by atoms with E-state index in [2.05, 4.69) is 47.2 Å². The van der Waals surface area contributed by atoms with E-state index < -0.39 is 11.8 Å². The van der Waals surface area contributed by atoms with Crippen molar-refractivity contribution in [3.63, 3.8) is 0 Å². The van der Waals surface area contributed by atoms with Gasteiger partial charge in [0.2, 0.25) is 5.91 Å². The van der Waals surface area contributed by atoms with Gasteiger partial charge in [-0.1, -0.05) is 19.1 Å². The third-order valence-corrected chi connectivity index (χ3v) is 8.65. The van der Waals surface area contributed by atoms with Crippen molar-refractivity contribution in [3.8, 4) is 16.9 Å². The smallest absolute Gasteiger partial charge is 0.251 e. The molecule has 2 aromatic rings. The quantitative estimate of drug-likeness (QED) is 0.229. The van der Waals surface area contributed by atoms with Gasteiger partial charge in [-0.3, -0.25) is 14.6 Å². The zero-order valence-electron chi connectivity index (χ0n) is 27.1. The highest BCUT2D eigenvalue weighted by molar-refractivity contribution is 6.04. The first-order chi connectivity index (χ1) is 20.6. The molecule has 0 saturated heterocycles. The molecule has 1 fully saturated rings. The predicted molar refractivity (Wildman–Crippen MR) is 175 cm³/mol. The maximum absolute atomic E-state index is 13.8. The monoisotopic (exact) mass is 593 g/mol. The number of nitrogens with two attached hydrogens (primary N) is 1. The molecule has 1 atom stereocenters. The second-order valence-corrected chi connectivity index (χ2v) is 11.7. The number of nitrogens with one attached hydrogen (secondary N) is 1. The molecule has 9 nitrogen and oxygen atoms in total. The Morgan fingerprint density at radius 2 is 1.70 bits per heavy atom. The number of carbonyl (C=O) groups excluding carboxylic acids is 2. The Morgan fingerprint density at radius 3 is 2.26 bits per heavy atom. The number of benzene rings is 2. The highest BCUT2D eigenvalue weighted by atomic mass is 16.5. The molecule has 2 aromatic carbocycles. The Kier molecular flexibility index (Phi) is 13.0. The van der Waals surface area contributed by atoms with E-state index in [1.807, 2.05) is 37.3 Å². The van der Waals surface area contributed by atoms with Crippen molar-refractivity contribution in [2.45, 2.75) is 65.0 Å². The summed E-state index contributed by atoms with van der Waals surface area (Å²) in [5.41, 5.74) is 10.8. The number of nitrogens with zero attached hydrogens (tertiary/aromatic N) is 3. The normalized spacial score (nSPS) is 17.9. The molecule has 0 spiro atoms. The van der Waals surface area contributed by atoms with E-state index in [0.29, 0.717) is 36.6 Å². The summed E-state index contributed by atoms with van der Waals surface area (Å²) in [5, 5.41) is 2.97. The lowest BCUT2D eigenvalue weighted by molar-refractivity contribution is -0.119. The van der Waals surface area contributed by atoms with Crippen molar-refractivity contribution in [1.29, 1.82) is 0 Å². The van der Waals surface area contributed by atoms with Gasteiger partial charge in [0.15, 0.2) is 0 Å². The Morgan fingerprint density at radius 1 is 1.05 bits per heavy atom. The van der Waals surface area contributed by atoms with Gasteiger partial charge >= 0.3 is 0 Å². The fraction of sp³-hybridized carbons (Fsp3) is 0.559. The van der Waals surface area contributed by atoms with Crippen LogP contribution in [-0.2, 0) is 9.53 Å². The fourth-order valence-corrected chi connectivity index (χ4v) is 5.91. The molecule has 0 aliphatic heterocycles. The minimum absolute atomic E-state index is 0.0943. The minimum Gasteiger partial charge on any atom is -0.491 e. The molecule has 0 radical (unpaired) electrons. The molecule has 236 valence electrons. The average Bonchev–Trinajstić information content (AvgIpc) is 3.00. The average molecular weight is 594 g/mol. The maximum atomic E-state index is 13.8. The second-order valence-electron chi connectivity index (χ2n) is 11.7. The lowest BCUT2D eigenvalue weighted by atomic mass is 9.88. The molecule has 2 amide bonds. The molecule has 3 rings (SSSR count). The van der Waals surface area contributed by atoms with Crippen LogP contribution >= 0.6 is 0 Å². The van der Waals surface area contributed by atoms with E-state index in [4.69, 9.17) is 15.2 Å². The van der Waals surface area contributed by atoms with E-state index in [0.717, 1.165) is 66.8 Å². The summed E-state index contributed by atoms with van der Waals surface area (Å²) in [5.74, 6) is -0.638. The number of carbonyl (C=O) groups is 2. The molecular formula is C34H51N5O4. The van der Waals surface area contributed by atoms with Crippen LogP contribution < -0.4 is 20.7 Å². The first kappa shape index (κ1) is 34.1. The largest absolute Gasteiger partial charge is 0.491 e. The van der Waals surface area contributed by atoms with Crippen LogP contribution in [0.3, 0.4) is 0 Å². The summed E-state index contributed by atoms with van der Waals surface area (Å²) in [4.78, 5) is 34.8. The third-order valence-electron chi connectivity index (χ3n) is 8.65. The van der Waals surface area contributed by atoms with Gasteiger partial charge < -0.3 is 30.3 Å². The molecule has 0 aromatic heterocycles. The summed E-state index contributed by atoms with van der Waals surface area (Å²) < 4.78 is 10.9. The van der Waals surface area contributed by atoms with Crippen LogP contribution in [-0.4, -0.2) is 89.1 Å². The van der Waals surface area contributed by atoms with E-state index in [1.165, 1.54) is 0 Å². The van der Waals surface area contributed by atoms with Crippen LogP contribution in [0.25, 0.3) is 11.1 Å². The first-order valence-corrected chi connectivity index (χ1v) is 15.4. The van der Waals surface area contributed by atoms with Gasteiger partial charge in [0.05, 0.1) is 12.5 Å². The van der Waals surface area contributed by atoms with Gasteiger partial charge in [0.1, 0.15) is 12.4 Å². The Bertz CT molecular complexity index is 1240. The standard InChI is InChI=1S/C34H51N5O4/c1-8-17-39(28-13-11-27(12-14-28)38(5)6)32-21-26(25-9-15-29(16-10-25)43-19-18-42-7)20-30(23(32)2)34(41)37-22-31(33(35)40)24(3)36-4/h9-10,15-16,20-21,27-28,31H,8,11-14,17-19,22H2,1-7H3,(H2,35,40)(H,37,41). The van der Waals surface area contributed by atoms with Gasteiger partial charge in [-0.25, -0.2) is 0 Å². The van der Waals surface area contributed by atoms with Gasteiger partial charge in [-0.05, 0) is 101 Å². The molecule has 3 N–H and O–H groups in total. The Labute approximate surface area is 257 Å². The molecular weight excluding hydrogens is 542 g/mol. The fourth-order valence-electron chi connectivity index (χ4n) is 5.91. The molecule has 0 bridgehead atoms. The molecule has 9 heteroatoms. The molecule has 1 saturated carbocycles. The van der Waals surface area contributed by atoms with Gasteiger partial charge in [0.25, 0.3) is 5.91 Å². The number of amides is 2. The van der Waals surface area contributed by atoms with Crippen LogP contribution in [0.2, 0.25) is 0 Å². The van der Waals surface area contributed by atoms with Gasteiger partial charge in [-0.2, -0.15) is 0 Å². The van der Waals surface area contributed by atoms with Crippen molar-refractivity contribution in [2.75, 3.05) is 59.5 Å². The van der Waals surface area contributed by atoms with E-state index >= 15 is 0 Å². The van der Waals surface area contributed by atoms with Crippen molar-refractivity contribution in [1.82, 2.24) is 10.2 Å². The zero-order chi connectivity index (χ0) is 31.5. The molecule has 43 heavy (non-hydrogen) atoms. The molecule has 1 aliphatic rings. The summed E-state index contributed by atoms with van der Waals surface area (Å²) >= 11 is 0. The van der Waals surface area contributed by atoms with Crippen LogP contribution in [0.15, 0.2) is 41.4 Å². The van der Waals surface area contributed by atoms with E-state index in [1.54, 1.807) is 21.1 Å². The number of hydrogen-bond acceptors (Lipinski definition) is 7. The zero-order valence-corrected chi connectivity index (χ0v) is 27.1. The summed E-state index contributed by atoms with van der Waals surface area (Å²) in [6.07, 6.45) is 5.53. The first-order valence-electron chi connectivity index (χ1n) is 15.4. The molecule has 0 heterocycles. The molecule has 1 aliphatic carbocycles. The van der Waals surface area contributed by atoms with E-state index in [9.17, 15) is 9.59 Å². The van der Waals surface area contributed by atoms with Crippen LogP contribution in [0, 0.1) is 12.8 Å². The maximum Gasteiger partial charge on any atom is 0.251 e. The number of aliphatic imine (C=N–C) groups is 1. The molecule has 1 unspecified atom stereocenters. The number of primary amides is 1. The topological polar surface area (TPSA) is 109 Å².